The molecule has 0 unspecified atom stereocenters. The number of nitrogens with one attached hydrogen (secondary N) is 1. The van der Waals surface area contributed by atoms with E-state index in [4.69, 9.17) is 4.74 Å². The molecule has 2 rings (SSSR count). The van der Waals surface area contributed by atoms with E-state index >= 15 is 0 Å². The van der Waals surface area contributed by atoms with Crippen LogP contribution >= 0.6 is 0 Å². The second-order valence-corrected chi connectivity index (χ2v) is 4.29. The molecule has 1 aliphatic carbocycles. The topological polar surface area (TPSA) is 77.3 Å². The molecule has 6 nitrogen and oxygen atoms in total. The van der Waals surface area contributed by atoms with Gasteiger partial charge in [0.05, 0.1) is 11.0 Å². The Balaban J connectivity index is 2.00. The fourth-order valence-corrected chi connectivity index (χ4v) is 1.88. The van der Waals surface area contributed by atoms with Gasteiger partial charge in [-0.25, -0.2) is 4.98 Å². The fourth-order valence-electron chi connectivity index (χ4n) is 1.88. The largest absolute Gasteiger partial charge is 0.381 e. The van der Waals surface area contributed by atoms with Gasteiger partial charge < -0.3 is 10.1 Å². The second kappa shape index (κ2) is 4.67. The minimum atomic E-state index is -0.436. The Morgan fingerprint density at radius 3 is 2.82 bits per heavy atom. The molecule has 0 aromatic carbocycles. The summed E-state index contributed by atoms with van der Waals surface area (Å²) in [5.74, 6) is 0.718. The minimum Gasteiger partial charge on any atom is -0.381 e. The van der Waals surface area contributed by atoms with Gasteiger partial charge in [0.15, 0.2) is 0 Å². The minimum absolute atomic E-state index is 0.0245. The first-order valence-corrected chi connectivity index (χ1v) is 5.50. The molecule has 1 aliphatic rings. The van der Waals surface area contributed by atoms with Crippen molar-refractivity contribution in [1.29, 1.82) is 0 Å². The number of anilines is 1. The van der Waals surface area contributed by atoms with Crippen LogP contribution in [0.4, 0.5) is 11.5 Å². The molecule has 0 amide bonds. The van der Waals surface area contributed by atoms with Crippen molar-refractivity contribution in [3.8, 4) is 0 Å². The predicted molar refractivity (Wildman–Crippen MR) is 63.1 cm³/mol. The van der Waals surface area contributed by atoms with Crippen molar-refractivity contribution in [2.75, 3.05) is 12.4 Å². The zero-order chi connectivity index (χ0) is 12.4. The Morgan fingerprint density at radius 1 is 1.59 bits per heavy atom. The van der Waals surface area contributed by atoms with E-state index in [0.717, 1.165) is 24.2 Å². The average Bonchev–Trinajstić information content (AvgIpc) is 2.24. The molecule has 0 atom stereocenters. The molecule has 1 aromatic rings. The molecule has 1 aromatic heterocycles. The van der Waals surface area contributed by atoms with Crippen molar-refractivity contribution in [2.45, 2.75) is 31.9 Å². The highest BCUT2D eigenvalue weighted by molar-refractivity contribution is 5.49. The van der Waals surface area contributed by atoms with Crippen LogP contribution in [0.1, 0.15) is 18.4 Å². The van der Waals surface area contributed by atoms with Crippen LogP contribution in [0.5, 0.6) is 0 Å². The highest BCUT2D eigenvalue weighted by atomic mass is 16.6. The summed E-state index contributed by atoms with van der Waals surface area (Å²) in [6.07, 6.45) is 3.51. The third-order valence-electron chi connectivity index (χ3n) is 3.04. The van der Waals surface area contributed by atoms with Crippen LogP contribution in [0.25, 0.3) is 0 Å². The number of methoxy groups -OCH3 is 1. The lowest BCUT2D eigenvalue weighted by Crippen LogP contribution is -2.40. The van der Waals surface area contributed by atoms with Crippen molar-refractivity contribution < 1.29 is 9.66 Å². The molecule has 6 heteroatoms. The third kappa shape index (κ3) is 2.52. The van der Waals surface area contributed by atoms with E-state index < -0.39 is 4.92 Å². The van der Waals surface area contributed by atoms with Gasteiger partial charge in [-0.1, -0.05) is 0 Å². The maximum Gasteiger partial charge on any atom is 0.287 e. The van der Waals surface area contributed by atoms with E-state index in [1.165, 1.54) is 12.3 Å². The summed E-state index contributed by atoms with van der Waals surface area (Å²) in [6.45, 7) is 1.81. The number of nitrogens with zero attached hydrogens (tertiary/aromatic N) is 2. The number of aromatic nitrogens is 1. The highest BCUT2D eigenvalue weighted by Crippen LogP contribution is 2.27. The molecule has 1 heterocycles. The number of hydrogen-bond acceptors (Lipinski definition) is 5. The van der Waals surface area contributed by atoms with E-state index in [-0.39, 0.29) is 5.69 Å². The molecule has 1 fully saturated rings. The normalized spacial score (nSPS) is 22.9. The zero-order valence-corrected chi connectivity index (χ0v) is 9.84. The fraction of sp³-hybridized carbons (Fsp3) is 0.545. The van der Waals surface area contributed by atoms with Crippen LogP contribution in [0, 0.1) is 17.0 Å². The van der Waals surface area contributed by atoms with Gasteiger partial charge in [0.1, 0.15) is 12.0 Å². The van der Waals surface area contributed by atoms with Crippen molar-refractivity contribution in [1.82, 2.24) is 4.98 Å². The first kappa shape index (κ1) is 11.8. The average molecular weight is 237 g/mol. The maximum atomic E-state index is 10.6. The molecule has 1 saturated carbocycles. The van der Waals surface area contributed by atoms with Gasteiger partial charge in [-0.05, 0) is 25.3 Å². The lowest BCUT2D eigenvalue weighted by atomic mass is 9.89. The van der Waals surface area contributed by atoms with Gasteiger partial charge in [-0.3, -0.25) is 10.1 Å². The van der Waals surface area contributed by atoms with E-state index in [0.29, 0.717) is 12.1 Å². The van der Waals surface area contributed by atoms with E-state index in [1.54, 1.807) is 7.11 Å². The summed E-state index contributed by atoms with van der Waals surface area (Å²) in [7, 11) is 1.70. The summed E-state index contributed by atoms with van der Waals surface area (Å²) in [5.41, 5.74) is 0.816. The van der Waals surface area contributed by atoms with Gasteiger partial charge in [0.2, 0.25) is 0 Å². The summed E-state index contributed by atoms with van der Waals surface area (Å²) >= 11 is 0. The van der Waals surface area contributed by atoms with Crippen LogP contribution in [0.3, 0.4) is 0 Å². The number of nitro groups is 1. The van der Waals surface area contributed by atoms with Crippen LogP contribution in [0.15, 0.2) is 12.3 Å². The molecule has 0 radical (unpaired) electrons. The SMILES string of the molecule is COC1CC(Nc2ncc([N+](=O)[O-])cc2C)C1. The van der Waals surface area contributed by atoms with Crippen molar-refractivity contribution in [3.63, 3.8) is 0 Å². The summed E-state index contributed by atoms with van der Waals surface area (Å²) in [4.78, 5) is 14.2. The molecule has 0 aliphatic heterocycles. The lowest BCUT2D eigenvalue weighted by molar-refractivity contribution is -0.385. The standard InChI is InChI=1S/C11H15N3O3/c1-7-3-9(14(15)16)6-12-11(7)13-8-4-10(5-8)17-2/h3,6,8,10H,4-5H2,1-2H3,(H,12,13). The van der Waals surface area contributed by atoms with Crippen LogP contribution < -0.4 is 5.32 Å². The van der Waals surface area contributed by atoms with Gasteiger partial charge in [0.25, 0.3) is 5.69 Å². The molecule has 0 saturated heterocycles. The van der Waals surface area contributed by atoms with Gasteiger partial charge >= 0.3 is 0 Å². The van der Waals surface area contributed by atoms with Crippen molar-refractivity contribution in [2.24, 2.45) is 0 Å². The Hall–Kier alpha value is -1.69. The van der Waals surface area contributed by atoms with E-state index in [9.17, 15) is 10.1 Å². The lowest BCUT2D eigenvalue weighted by Gasteiger charge is -2.35. The number of aryl methyl sites for hydroxylation is 1. The Morgan fingerprint density at radius 2 is 2.29 bits per heavy atom. The molecule has 92 valence electrons. The number of hydrogen-bond donors (Lipinski definition) is 1. The van der Waals surface area contributed by atoms with Gasteiger partial charge in [-0.15, -0.1) is 0 Å². The first-order valence-electron chi connectivity index (χ1n) is 5.50. The van der Waals surface area contributed by atoms with Crippen LogP contribution in [-0.4, -0.2) is 29.2 Å². The summed E-state index contributed by atoms with van der Waals surface area (Å²) in [6, 6.07) is 1.88. The van der Waals surface area contributed by atoms with Crippen molar-refractivity contribution >= 4 is 11.5 Å². The monoisotopic (exact) mass is 237 g/mol. The Labute approximate surface area is 99.2 Å². The van der Waals surface area contributed by atoms with Gasteiger partial charge in [0, 0.05) is 19.2 Å². The smallest absolute Gasteiger partial charge is 0.287 e. The molecular formula is C11H15N3O3. The molecule has 17 heavy (non-hydrogen) atoms. The molecule has 0 spiro atoms. The molecular weight excluding hydrogens is 222 g/mol. The number of rotatable bonds is 4. The predicted octanol–water partition coefficient (Wildman–Crippen LogP) is 1.89. The zero-order valence-electron chi connectivity index (χ0n) is 9.84. The molecule has 1 N–H and O–H groups in total. The maximum absolute atomic E-state index is 10.6. The Kier molecular flexibility index (Phi) is 3.23. The Bertz CT molecular complexity index is 430. The molecule has 0 bridgehead atoms. The van der Waals surface area contributed by atoms with Crippen LogP contribution in [-0.2, 0) is 4.74 Å². The van der Waals surface area contributed by atoms with E-state index in [2.05, 4.69) is 10.3 Å². The highest BCUT2D eigenvalue weighted by Gasteiger charge is 2.29. The third-order valence-corrected chi connectivity index (χ3v) is 3.04. The summed E-state index contributed by atoms with van der Waals surface area (Å²) in [5, 5.41) is 13.8. The second-order valence-electron chi connectivity index (χ2n) is 4.29. The quantitative estimate of drug-likeness (QED) is 0.639. The van der Waals surface area contributed by atoms with Crippen molar-refractivity contribution in [3.05, 3.63) is 27.9 Å². The van der Waals surface area contributed by atoms with Crippen LogP contribution in [0.2, 0.25) is 0 Å². The van der Waals surface area contributed by atoms with Gasteiger partial charge in [-0.2, -0.15) is 0 Å². The van der Waals surface area contributed by atoms with E-state index in [1.807, 2.05) is 6.92 Å². The number of pyridine rings is 1. The number of ether oxygens (including phenoxy) is 1. The summed E-state index contributed by atoms with van der Waals surface area (Å²) < 4.78 is 5.19. The first-order chi connectivity index (χ1) is 8.10.